The number of ether oxygens (including phenoxy) is 2. The predicted octanol–water partition coefficient (Wildman–Crippen LogP) is 3.48. The number of carbonyl (C=O) groups is 3. The van der Waals surface area contributed by atoms with Crippen molar-refractivity contribution in [2.24, 2.45) is 5.92 Å². The highest BCUT2D eigenvalue weighted by molar-refractivity contribution is 5.89. The van der Waals surface area contributed by atoms with Crippen molar-refractivity contribution in [3.8, 4) is 0 Å². The third kappa shape index (κ3) is 8.33. The van der Waals surface area contributed by atoms with E-state index in [1.165, 1.54) is 0 Å². The summed E-state index contributed by atoms with van der Waals surface area (Å²) in [7, 11) is 0. The van der Waals surface area contributed by atoms with E-state index in [1.54, 1.807) is 45.0 Å². The van der Waals surface area contributed by atoms with Crippen LogP contribution in [0.3, 0.4) is 0 Å². The van der Waals surface area contributed by atoms with E-state index in [2.05, 4.69) is 5.32 Å². The number of alkyl carbamates (subject to hydrolysis) is 1. The molecule has 0 spiro atoms. The van der Waals surface area contributed by atoms with Gasteiger partial charge in [0.25, 0.3) is 0 Å². The first kappa shape index (κ1) is 20.7. The molecule has 0 heterocycles. The highest BCUT2D eigenvalue weighted by Gasteiger charge is 2.18. The van der Waals surface area contributed by atoms with E-state index in [0.717, 1.165) is 5.56 Å². The van der Waals surface area contributed by atoms with Gasteiger partial charge in [0, 0.05) is 0 Å². The number of amides is 1. The van der Waals surface area contributed by atoms with E-state index in [-0.39, 0.29) is 12.5 Å². The second kappa shape index (κ2) is 9.20. The topological polar surface area (TPSA) is 81.7 Å². The third-order valence-corrected chi connectivity index (χ3v) is 3.15. The number of aldehydes is 1. The predicted molar refractivity (Wildman–Crippen MR) is 94.2 cm³/mol. The Morgan fingerprint density at radius 3 is 2.24 bits per heavy atom. The Morgan fingerprint density at radius 1 is 1.16 bits per heavy atom. The van der Waals surface area contributed by atoms with Gasteiger partial charge in [0.05, 0.1) is 11.6 Å². The molecular formula is C19H27NO5. The Bertz CT molecular complexity index is 587. The Morgan fingerprint density at radius 2 is 1.76 bits per heavy atom. The van der Waals surface area contributed by atoms with Crippen molar-refractivity contribution in [2.45, 2.75) is 59.3 Å². The molecule has 0 aliphatic carbocycles. The van der Waals surface area contributed by atoms with Crippen LogP contribution in [0.15, 0.2) is 24.3 Å². The normalized spacial score (nSPS) is 12.4. The molecule has 0 unspecified atom stereocenters. The molecule has 25 heavy (non-hydrogen) atoms. The number of nitrogens with one attached hydrogen (secondary N) is 1. The van der Waals surface area contributed by atoms with Crippen LogP contribution in [0, 0.1) is 5.92 Å². The van der Waals surface area contributed by atoms with Gasteiger partial charge >= 0.3 is 12.1 Å². The Hall–Kier alpha value is -2.37. The van der Waals surface area contributed by atoms with Crippen LogP contribution < -0.4 is 5.32 Å². The standard InChI is InChI=1S/C19H27NO5/c1-13(2)10-16(11-21)20-18(23)24-12-14-6-8-15(9-7-14)17(22)25-19(3,4)5/h6-9,11,13,16H,10,12H2,1-5H3,(H,20,23)/t16-/m0/s1. The lowest BCUT2D eigenvalue weighted by atomic mass is 10.1. The molecule has 1 atom stereocenters. The fourth-order valence-electron chi connectivity index (χ4n) is 2.07. The second-order valence-corrected chi connectivity index (χ2v) is 7.29. The number of carbonyl (C=O) groups excluding carboxylic acids is 3. The monoisotopic (exact) mass is 349 g/mol. The first-order valence-corrected chi connectivity index (χ1v) is 8.31. The Labute approximate surface area is 148 Å². The SMILES string of the molecule is CC(C)C[C@@H](C=O)NC(=O)OCc1ccc(C(=O)OC(C)(C)C)cc1. The quantitative estimate of drug-likeness (QED) is 0.602. The van der Waals surface area contributed by atoms with Crippen LogP contribution in [0.5, 0.6) is 0 Å². The van der Waals surface area contributed by atoms with Crippen LogP contribution >= 0.6 is 0 Å². The molecule has 0 fully saturated rings. The van der Waals surface area contributed by atoms with Crippen molar-refractivity contribution in [1.82, 2.24) is 5.32 Å². The molecule has 6 heteroatoms. The fourth-order valence-corrected chi connectivity index (χ4v) is 2.07. The van der Waals surface area contributed by atoms with E-state index in [9.17, 15) is 14.4 Å². The minimum Gasteiger partial charge on any atom is -0.456 e. The molecule has 1 amide bonds. The minimum absolute atomic E-state index is 0.0493. The highest BCUT2D eigenvalue weighted by Crippen LogP contribution is 2.13. The van der Waals surface area contributed by atoms with Crippen molar-refractivity contribution in [3.63, 3.8) is 0 Å². The first-order valence-electron chi connectivity index (χ1n) is 8.31. The van der Waals surface area contributed by atoms with Gasteiger partial charge in [-0.25, -0.2) is 9.59 Å². The number of hydrogen-bond donors (Lipinski definition) is 1. The van der Waals surface area contributed by atoms with Crippen molar-refractivity contribution in [1.29, 1.82) is 0 Å². The van der Waals surface area contributed by atoms with E-state index in [4.69, 9.17) is 9.47 Å². The van der Waals surface area contributed by atoms with Crippen LogP contribution in [-0.4, -0.2) is 30.0 Å². The highest BCUT2D eigenvalue weighted by atomic mass is 16.6. The molecule has 0 saturated carbocycles. The largest absolute Gasteiger partial charge is 0.456 e. The molecule has 0 aliphatic rings. The van der Waals surface area contributed by atoms with Gasteiger partial charge in [0.1, 0.15) is 18.5 Å². The third-order valence-electron chi connectivity index (χ3n) is 3.15. The molecule has 1 aromatic rings. The average molecular weight is 349 g/mol. The lowest BCUT2D eigenvalue weighted by Crippen LogP contribution is -2.37. The summed E-state index contributed by atoms with van der Waals surface area (Å²) in [5, 5.41) is 2.52. The minimum atomic E-state index is -0.644. The van der Waals surface area contributed by atoms with Crippen molar-refractivity contribution >= 4 is 18.3 Å². The summed E-state index contributed by atoms with van der Waals surface area (Å²) in [5.74, 6) is -0.115. The maximum absolute atomic E-state index is 11.9. The molecular weight excluding hydrogens is 322 g/mol. The van der Waals surface area contributed by atoms with Gasteiger partial charge in [0.15, 0.2) is 0 Å². The van der Waals surface area contributed by atoms with E-state index in [1.807, 2.05) is 13.8 Å². The van der Waals surface area contributed by atoms with Crippen LogP contribution in [-0.2, 0) is 20.9 Å². The van der Waals surface area contributed by atoms with E-state index in [0.29, 0.717) is 18.3 Å². The molecule has 1 aromatic carbocycles. The number of hydrogen-bond acceptors (Lipinski definition) is 5. The summed E-state index contributed by atoms with van der Waals surface area (Å²) in [6.45, 7) is 9.39. The van der Waals surface area contributed by atoms with Crippen molar-refractivity contribution < 1.29 is 23.9 Å². The summed E-state index contributed by atoms with van der Waals surface area (Å²) in [6, 6.07) is 6.08. The van der Waals surface area contributed by atoms with Crippen LogP contribution in [0.2, 0.25) is 0 Å². The number of benzene rings is 1. The molecule has 0 saturated heterocycles. The van der Waals surface area contributed by atoms with Gasteiger partial charge in [0.2, 0.25) is 0 Å². The first-order chi connectivity index (χ1) is 11.6. The van der Waals surface area contributed by atoms with Crippen LogP contribution in [0.1, 0.15) is 57.0 Å². The number of esters is 1. The van der Waals surface area contributed by atoms with Crippen LogP contribution in [0.4, 0.5) is 4.79 Å². The number of rotatable bonds is 7. The summed E-state index contributed by atoms with van der Waals surface area (Å²) in [6.07, 6.45) is 0.619. The Balaban J connectivity index is 2.51. The zero-order valence-electron chi connectivity index (χ0n) is 15.5. The Kier molecular flexibility index (Phi) is 7.61. The van der Waals surface area contributed by atoms with Crippen molar-refractivity contribution in [3.05, 3.63) is 35.4 Å². The molecule has 0 radical (unpaired) electrons. The van der Waals surface area contributed by atoms with Crippen molar-refractivity contribution in [2.75, 3.05) is 0 Å². The summed E-state index contributed by atoms with van der Waals surface area (Å²) >= 11 is 0. The van der Waals surface area contributed by atoms with Gasteiger partial charge in [-0.15, -0.1) is 0 Å². The average Bonchev–Trinajstić information content (AvgIpc) is 2.50. The lowest BCUT2D eigenvalue weighted by Gasteiger charge is -2.19. The van der Waals surface area contributed by atoms with Gasteiger partial charge in [-0.05, 0) is 50.8 Å². The zero-order chi connectivity index (χ0) is 19.0. The molecule has 1 rings (SSSR count). The van der Waals surface area contributed by atoms with Gasteiger partial charge < -0.3 is 19.6 Å². The smallest absolute Gasteiger partial charge is 0.408 e. The maximum Gasteiger partial charge on any atom is 0.408 e. The summed E-state index contributed by atoms with van der Waals surface area (Å²) < 4.78 is 10.4. The molecule has 6 nitrogen and oxygen atoms in total. The molecule has 138 valence electrons. The molecule has 0 aromatic heterocycles. The van der Waals surface area contributed by atoms with Gasteiger partial charge in [-0.1, -0.05) is 26.0 Å². The fraction of sp³-hybridized carbons (Fsp3) is 0.526. The van der Waals surface area contributed by atoms with Gasteiger partial charge in [-0.2, -0.15) is 0 Å². The van der Waals surface area contributed by atoms with Crippen LogP contribution in [0.25, 0.3) is 0 Å². The summed E-state index contributed by atoms with van der Waals surface area (Å²) in [4.78, 5) is 34.6. The van der Waals surface area contributed by atoms with E-state index < -0.39 is 23.7 Å². The zero-order valence-corrected chi connectivity index (χ0v) is 15.5. The van der Waals surface area contributed by atoms with Gasteiger partial charge in [-0.3, -0.25) is 0 Å². The molecule has 0 bridgehead atoms. The molecule has 1 N–H and O–H groups in total. The lowest BCUT2D eigenvalue weighted by molar-refractivity contribution is -0.109. The summed E-state index contributed by atoms with van der Waals surface area (Å²) in [5.41, 5.74) is 0.609. The van der Waals surface area contributed by atoms with E-state index >= 15 is 0 Å². The maximum atomic E-state index is 11.9. The molecule has 0 aliphatic heterocycles. The second-order valence-electron chi connectivity index (χ2n) is 7.29.